The average molecular weight is 282 g/mol. The molecule has 104 valence electrons. The number of nitrogens with zero attached hydrogens (tertiary/aromatic N) is 1. The molecule has 0 spiro atoms. The van der Waals surface area contributed by atoms with Gasteiger partial charge < -0.3 is 11.1 Å². The summed E-state index contributed by atoms with van der Waals surface area (Å²) in [4.78, 5) is 14.5. The van der Waals surface area contributed by atoms with Gasteiger partial charge in [0, 0.05) is 12.6 Å². The van der Waals surface area contributed by atoms with Gasteiger partial charge in [-0.1, -0.05) is 17.7 Å². The highest BCUT2D eigenvalue weighted by Gasteiger charge is 2.19. The summed E-state index contributed by atoms with van der Waals surface area (Å²) in [5.74, 6) is -0.164. The quantitative estimate of drug-likeness (QED) is 0.832. The van der Waals surface area contributed by atoms with E-state index in [1.807, 2.05) is 0 Å². The van der Waals surface area contributed by atoms with Crippen LogP contribution in [0.25, 0.3) is 0 Å². The first kappa shape index (κ1) is 14.2. The predicted molar refractivity (Wildman–Crippen MR) is 78.5 cm³/mol. The standard InChI is InChI=1S/C14H20ClN3O/c1-10(18-7-2-3-8-18)9-17-14(19)11-5-4-6-12(16)13(11)15/h4-6,10H,2-3,7-9,16H2,1H3,(H,17,19). The minimum absolute atomic E-state index is 0.164. The second-order valence-corrected chi connectivity index (χ2v) is 5.39. The van der Waals surface area contributed by atoms with Gasteiger partial charge in [0.25, 0.3) is 5.91 Å². The third kappa shape index (κ3) is 3.39. The van der Waals surface area contributed by atoms with Gasteiger partial charge in [0.1, 0.15) is 0 Å². The Balaban J connectivity index is 1.92. The molecule has 1 aromatic carbocycles. The smallest absolute Gasteiger partial charge is 0.252 e. The summed E-state index contributed by atoms with van der Waals surface area (Å²) in [7, 11) is 0. The largest absolute Gasteiger partial charge is 0.398 e. The fourth-order valence-electron chi connectivity index (χ4n) is 2.37. The Labute approximate surface area is 118 Å². The Morgan fingerprint density at radius 2 is 2.16 bits per heavy atom. The average Bonchev–Trinajstić information content (AvgIpc) is 2.93. The Morgan fingerprint density at radius 1 is 1.47 bits per heavy atom. The van der Waals surface area contributed by atoms with E-state index in [4.69, 9.17) is 17.3 Å². The van der Waals surface area contributed by atoms with Gasteiger partial charge in [0.05, 0.1) is 16.3 Å². The van der Waals surface area contributed by atoms with Gasteiger partial charge in [0.2, 0.25) is 0 Å². The van der Waals surface area contributed by atoms with Crippen molar-refractivity contribution >= 4 is 23.2 Å². The molecule has 1 aliphatic rings. The lowest BCUT2D eigenvalue weighted by Gasteiger charge is -2.23. The highest BCUT2D eigenvalue weighted by molar-refractivity contribution is 6.36. The number of nitrogens with two attached hydrogens (primary N) is 1. The van der Waals surface area contributed by atoms with Gasteiger partial charge in [-0.2, -0.15) is 0 Å². The number of carbonyl (C=O) groups excluding carboxylic acids is 1. The second-order valence-electron chi connectivity index (χ2n) is 5.01. The van der Waals surface area contributed by atoms with Crippen LogP contribution in [0.5, 0.6) is 0 Å². The van der Waals surface area contributed by atoms with Crippen LogP contribution >= 0.6 is 11.6 Å². The van der Waals surface area contributed by atoms with E-state index in [1.165, 1.54) is 12.8 Å². The van der Waals surface area contributed by atoms with E-state index in [0.717, 1.165) is 13.1 Å². The maximum Gasteiger partial charge on any atom is 0.252 e. The number of carbonyl (C=O) groups is 1. The predicted octanol–water partition coefficient (Wildman–Crippen LogP) is 2.14. The molecule has 1 fully saturated rings. The van der Waals surface area contributed by atoms with E-state index < -0.39 is 0 Å². The molecule has 1 atom stereocenters. The van der Waals surface area contributed by atoms with E-state index >= 15 is 0 Å². The zero-order valence-corrected chi connectivity index (χ0v) is 11.9. The molecular weight excluding hydrogens is 262 g/mol. The number of hydrogen-bond donors (Lipinski definition) is 2. The summed E-state index contributed by atoms with van der Waals surface area (Å²) >= 11 is 6.03. The number of benzene rings is 1. The molecule has 0 aliphatic carbocycles. The van der Waals surface area contributed by atoms with Crippen molar-refractivity contribution in [1.29, 1.82) is 0 Å². The molecule has 19 heavy (non-hydrogen) atoms. The van der Waals surface area contributed by atoms with Crippen molar-refractivity contribution in [1.82, 2.24) is 10.2 Å². The Hall–Kier alpha value is -1.26. The highest BCUT2D eigenvalue weighted by atomic mass is 35.5. The summed E-state index contributed by atoms with van der Waals surface area (Å²) < 4.78 is 0. The topological polar surface area (TPSA) is 58.4 Å². The summed E-state index contributed by atoms with van der Waals surface area (Å²) in [5.41, 5.74) is 6.57. The van der Waals surface area contributed by atoms with Crippen molar-refractivity contribution in [2.45, 2.75) is 25.8 Å². The Bertz CT molecular complexity index is 458. The molecule has 2 rings (SSSR count). The lowest BCUT2D eigenvalue weighted by Crippen LogP contribution is -2.40. The van der Waals surface area contributed by atoms with Gasteiger partial charge >= 0.3 is 0 Å². The molecule has 1 heterocycles. The molecule has 1 aromatic rings. The number of nitrogens with one attached hydrogen (secondary N) is 1. The zero-order valence-electron chi connectivity index (χ0n) is 11.2. The monoisotopic (exact) mass is 281 g/mol. The molecule has 1 amide bonds. The summed E-state index contributed by atoms with van der Waals surface area (Å²) in [6.07, 6.45) is 2.50. The van der Waals surface area contributed by atoms with Crippen LogP contribution in [0.2, 0.25) is 5.02 Å². The number of halogens is 1. The maximum atomic E-state index is 12.1. The van der Waals surface area contributed by atoms with Crippen LogP contribution in [-0.4, -0.2) is 36.5 Å². The van der Waals surface area contributed by atoms with Crippen LogP contribution in [0.3, 0.4) is 0 Å². The van der Waals surface area contributed by atoms with Crippen molar-refractivity contribution in [3.8, 4) is 0 Å². The minimum Gasteiger partial charge on any atom is -0.398 e. The van der Waals surface area contributed by atoms with Crippen molar-refractivity contribution < 1.29 is 4.79 Å². The third-order valence-electron chi connectivity index (χ3n) is 3.60. The van der Waals surface area contributed by atoms with E-state index in [2.05, 4.69) is 17.1 Å². The molecule has 0 radical (unpaired) electrons. The van der Waals surface area contributed by atoms with Gasteiger partial charge in [-0.25, -0.2) is 0 Å². The van der Waals surface area contributed by atoms with Crippen molar-refractivity contribution in [3.05, 3.63) is 28.8 Å². The minimum atomic E-state index is -0.164. The second kappa shape index (κ2) is 6.26. The molecule has 4 nitrogen and oxygen atoms in total. The molecule has 0 saturated carbocycles. The van der Waals surface area contributed by atoms with E-state index in [0.29, 0.717) is 28.9 Å². The van der Waals surface area contributed by atoms with Gasteiger partial charge in [0.15, 0.2) is 0 Å². The SMILES string of the molecule is CC(CNC(=O)c1cccc(N)c1Cl)N1CCCC1. The molecule has 1 aliphatic heterocycles. The maximum absolute atomic E-state index is 12.1. The molecule has 1 unspecified atom stereocenters. The van der Waals surface area contributed by atoms with E-state index in [1.54, 1.807) is 18.2 Å². The summed E-state index contributed by atoms with van der Waals surface area (Å²) in [5, 5.41) is 3.25. The van der Waals surface area contributed by atoms with Crippen LogP contribution in [0.1, 0.15) is 30.1 Å². The number of likely N-dealkylation sites (tertiary alicyclic amines) is 1. The number of hydrogen-bond acceptors (Lipinski definition) is 3. The fourth-order valence-corrected chi connectivity index (χ4v) is 2.58. The molecule has 0 aromatic heterocycles. The van der Waals surface area contributed by atoms with Crippen LogP contribution < -0.4 is 11.1 Å². The first-order valence-corrected chi connectivity index (χ1v) is 7.03. The van der Waals surface area contributed by atoms with Gasteiger partial charge in [-0.05, 0) is 45.0 Å². The van der Waals surface area contributed by atoms with Gasteiger partial charge in [-0.15, -0.1) is 0 Å². The molecule has 1 saturated heterocycles. The molecule has 0 bridgehead atoms. The van der Waals surface area contributed by atoms with Crippen molar-refractivity contribution in [2.75, 3.05) is 25.4 Å². The third-order valence-corrected chi connectivity index (χ3v) is 4.02. The molecule has 5 heteroatoms. The van der Waals surface area contributed by atoms with E-state index in [-0.39, 0.29) is 5.91 Å². The van der Waals surface area contributed by atoms with E-state index in [9.17, 15) is 4.79 Å². The van der Waals surface area contributed by atoms with Crippen molar-refractivity contribution in [2.24, 2.45) is 0 Å². The number of rotatable bonds is 4. The first-order valence-electron chi connectivity index (χ1n) is 6.66. The number of anilines is 1. The normalized spacial score (nSPS) is 17.4. The number of amides is 1. The highest BCUT2D eigenvalue weighted by Crippen LogP contribution is 2.22. The fraction of sp³-hybridized carbons (Fsp3) is 0.500. The number of nitrogen functional groups attached to an aromatic ring is 1. The summed E-state index contributed by atoms with van der Waals surface area (Å²) in [6, 6.07) is 5.46. The van der Waals surface area contributed by atoms with Gasteiger partial charge in [-0.3, -0.25) is 9.69 Å². The molecular formula is C14H20ClN3O. The first-order chi connectivity index (χ1) is 9.09. The molecule has 3 N–H and O–H groups in total. The Morgan fingerprint density at radius 3 is 2.84 bits per heavy atom. The zero-order chi connectivity index (χ0) is 13.8. The lowest BCUT2D eigenvalue weighted by molar-refractivity contribution is 0.0940. The van der Waals surface area contributed by atoms with Crippen LogP contribution in [0, 0.1) is 0 Å². The van der Waals surface area contributed by atoms with Crippen LogP contribution in [0.15, 0.2) is 18.2 Å². The lowest BCUT2D eigenvalue weighted by atomic mass is 10.2. The van der Waals surface area contributed by atoms with Crippen LogP contribution in [0.4, 0.5) is 5.69 Å². The Kier molecular flexibility index (Phi) is 4.66. The summed E-state index contributed by atoms with van der Waals surface area (Å²) in [6.45, 7) is 5.00. The van der Waals surface area contributed by atoms with Crippen LogP contribution in [-0.2, 0) is 0 Å². The van der Waals surface area contributed by atoms with Crippen molar-refractivity contribution in [3.63, 3.8) is 0 Å².